The van der Waals surface area contributed by atoms with Gasteiger partial charge in [0, 0.05) is 18.6 Å². The summed E-state index contributed by atoms with van der Waals surface area (Å²) in [7, 11) is 1.47. The van der Waals surface area contributed by atoms with Gasteiger partial charge in [0.2, 0.25) is 5.90 Å². The van der Waals surface area contributed by atoms with Crippen LogP contribution in [0.3, 0.4) is 0 Å². The molecule has 0 atom stereocenters. The zero-order valence-electron chi connectivity index (χ0n) is 11.3. The van der Waals surface area contributed by atoms with E-state index < -0.39 is 6.36 Å². The summed E-state index contributed by atoms with van der Waals surface area (Å²) in [6, 6.07) is 3.69. The fourth-order valence-electron chi connectivity index (χ4n) is 1.80. The van der Waals surface area contributed by atoms with Crippen molar-refractivity contribution in [3.63, 3.8) is 0 Å². The van der Waals surface area contributed by atoms with Crippen LogP contribution in [0.25, 0.3) is 10.9 Å². The maximum Gasteiger partial charge on any atom is 0.573 e. The molecular formula is C14H10ClF3N2O2. The van der Waals surface area contributed by atoms with Gasteiger partial charge in [-0.3, -0.25) is 9.98 Å². The minimum absolute atomic E-state index is 0.150. The lowest BCUT2D eigenvalue weighted by Crippen LogP contribution is -2.17. The molecular weight excluding hydrogens is 321 g/mol. The number of ether oxygens (including phenoxy) is 2. The Morgan fingerprint density at radius 1 is 1.41 bits per heavy atom. The molecule has 0 saturated heterocycles. The Labute approximate surface area is 128 Å². The standard InChI is InChI=1S/C14H10ClF3N2O2/c1-3-21-13(19-2)10-7-20-11-5-4-8(22-14(16,17)18)6-9(11)12(10)15/h3-7H,1H2,2H3. The molecule has 0 aliphatic carbocycles. The highest BCUT2D eigenvalue weighted by Gasteiger charge is 2.31. The van der Waals surface area contributed by atoms with E-state index in [9.17, 15) is 13.2 Å². The maximum atomic E-state index is 12.3. The van der Waals surface area contributed by atoms with Crippen molar-refractivity contribution in [1.82, 2.24) is 4.98 Å². The number of rotatable bonds is 3. The third kappa shape index (κ3) is 3.48. The number of nitrogens with zero attached hydrogens (tertiary/aromatic N) is 2. The fourth-order valence-corrected chi connectivity index (χ4v) is 2.08. The van der Waals surface area contributed by atoms with Crippen molar-refractivity contribution >= 4 is 28.4 Å². The van der Waals surface area contributed by atoms with Gasteiger partial charge in [-0.05, 0) is 18.2 Å². The number of aromatic nitrogens is 1. The molecule has 22 heavy (non-hydrogen) atoms. The molecule has 1 heterocycles. The molecule has 0 radical (unpaired) electrons. The van der Waals surface area contributed by atoms with Gasteiger partial charge in [-0.2, -0.15) is 0 Å². The summed E-state index contributed by atoms with van der Waals surface area (Å²) in [6.45, 7) is 3.41. The molecule has 0 aliphatic rings. The summed E-state index contributed by atoms with van der Waals surface area (Å²) in [5.74, 6) is -0.239. The highest BCUT2D eigenvalue weighted by atomic mass is 35.5. The normalized spacial score (nSPS) is 12.3. The zero-order valence-corrected chi connectivity index (χ0v) is 12.1. The molecule has 0 spiro atoms. The van der Waals surface area contributed by atoms with Gasteiger partial charge >= 0.3 is 6.36 Å². The van der Waals surface area contributed by atoms with Crippen LogP contribution in [0.2, 0.25) is 5.02 Å². The number of benzene rings is 1. The first-order valence-corrected chi connectivity index (χ1v) is 6.32. The molecule has 4 nitrogen and oxygen atoms in total. The Hall–Kier alpha value is -2.28. The van der Waals surface area contributed by atoms with E-state index in [2.05, 4.69) is 21.3 Å². The molecule has 0 aliphatic heterocycles. The van der Waals surface area contributed by atoms with Gasteiger partial charge < -0.3 is 9.47 Å². The van der Waals surface area contributed by atoms with Gasteiger partial charge in [0.25, 0.3) is 0 Å². The predicted molar refractivity (Wildman–Crippen MR) is 77.2 cm³/mol. The third-order valence-corrected chi connectivity index (χ3v) is 3.04. The Morgan fingerprint density at radius 2 is 2.14 bits per heavy atom. The number of hydrogen-bond donors (Lipinski definition) is 0. The number of alkyl halides is 3. The molecule has 2 rings (SSSR count). The molecule has 1 aromatic carbocycles. The Bertz CT molecular complexity index is 745. The molecule has 8 heteroatoms. The zero-order chi connectivity index (χ0) is 16.3. The first-order chi connectivity index (χ1) is 10.4. The highest BCUT2D eigenvalue weighted by molar-refractivity contribution is 6.38. The lowest BCUT2D eigenvalue weighted by molar-refractivity contribution is -0.274. The van der Waals surface area contributed by atoms with Crippen molar-refractivity contribution < 1.29 is 22.6 Å². The second-order valence-corrected chi connectivity index (χ2v) is 4.40. The maximum absolute atomic E-state index is 12.3. The summed E-state index contributed by atoms with van der Waals surface area (Å²) in [4.78, 5) is 8.00. The van der Waals surface area contributed by atoms with Crippen LogP contribution in [-0.4, -0.2) is 24.3 Å². The lowest BCUT2D eigenvalue weighted by Gasteiger charge is -2.11. The van der Waals surface area contributed by atoms with Crippen molar-refractivity contribution in [2.24, 2.45) is 4.99 Å². The second kappa shape index (κ2) is 6.23. The summed E-state index contributed by atoms with van der Waals surface area (Å²) in [5.41, 5.74) is 0.748. The third-order valence-electron chi connectivity index (χ3n) is 2.64. The quantitative estimate of drug-likeness (QED) is 0.478. The lowest BCUT2D eigenvalue weighted by atomic mass is 10.1. The molecule has 0 saturated carbocycles. The molecule has 0 bridgehead atoms. The topological polar surface area (TPSA) is 43.7 Å². The Morgan fingerprint density at radius 3 is 2.73 bits per heavy atom. The molecule has 1 aromatic heterocycles. The van der Waals surface area contributed by atoms with Crippen molar-refractivity contribution in [1.29, 1.82) is 0 Å². The van der Waals surface area contributed by atoms with Crippen molar-refractivity contribution in [2.45, 2.75) is 6.36 Å². The van der Waals surface area contributed by atoms with Crippen molar-refractivity contribution in [2.75, 3.05) is 7.05 Å². The number of pyridine rings is 1. The van der Waals surface area contributed by atoms with Crippen LogP contribution in [0.5, 0.6) is 5.75 Å². The predicted octanol–water partition coefficient (Wildman–Crippen LogP) is 4.32. The van der Waals surface area contributed by atoms with E-state index in [1.165, 1.54) is 19.3 Å². The van der Waals surface area contributed by atoms with Gasteiger partial charge in [0.15, 0.2) is 0 Å². The minimum Gasteiger partial charge on any atom is -0.447 e. The van der Waals surface area contributed by atoms with Crippen LogP contribution in [0.15, 0.2) is 42.2 Å². The summed E-state index contributed by atoms with van der Waals surface area (Å²) < 4.78 is 45.8. The van der Waals surface area contributed by atoms with E-state index in [4.69, 9.17) is 16.3 Å². The van der Waals surface area contributed by atoms with E-state index >= 15 is 0 Å². The van der Waals surface area contributed by atoms with Crippen LogP contribution in [-0.2, 0) is 4.74 Å². The molecule has 2 aromatic rings. The van der Waals surface area contributed by atoms with Crippen molar-refractivity contribution in [3.05, 3.63) is 47.8 Å². The molecule has 116 valence electrons. The first kappa shape index (κ1) is 16.1. The number of halogens is 4. The van der Waals surface area contributed by atoms with Crippen LogP contribution in [0.4, 0.5) is 13.2 Å². The molecule has 0 N–H and O–H groups in total. The minimum atomic E-state index is -4.78. The molecule has 0 amide bonds. The highest BCUT2D eigenvalue weighted by Crippen LogP contribution is 2.31. The van der Waals surface area contributed by atoms with Crippen LogP contribution in [0, 0.1) is 0 Å². The van der Waals surface area contributed by atoms with Crippen LogP contribution in [0.1, 0.15) is 5.56 Å². The largest absolute Gasteiger partial charge is 0.573 e. The van der Waals surface area contributed by atoms with Gasteiger partial charge in [-0.1, -0.05) is 18.2 Å². The van der Waals surface area contributed by atoms with Crippen molar-refractivity contribution in [3.8, 4) is 5.75 Å². The average molecular weight is 331 g/mol. The average Bonchev–Trinajstić information content (AvgIpc) is 2.44. The van der Waals surface area contributed by atoms with Crippen LogP contribution < -0.4 is 4.74 Å². The van der Waals surface area contributed by atoms with E-state index in [0.29, 0.717) is 11.1 Å². The van der Waals surface area contributed by atoms with E-state index in [1.54, 1.807) is 0 Å². The van der Waals surface area contributed by atoms with Crippen LogP contribution >= 0.6 is 11.6 Å². The number of fused-ring (bicyclic) bond motifs is 1. The van der Waals surface area contributed by atoms with Gasteiger partial charge in [0.1, 0.15) is 5.75 Å². The SMILES string of the molecule is C=COC(=NC)c1cnc2ccc(OC(F)(F)F)cc2c1Cl. The molecule has 0 unspecified atom stereocenters. The Balaban J connectivity index is 2.55. The summed E-state index contributed by atoms with van der Waals surface area (Å²) in [5, 5.41) is 0.440. The fraction of sp³-hybridized carbons (Fsp3) is 0.143. The second-order valence-electron chi connectivity index (χ2n) is 4.03. The van der Waals surface area contributed by atoms with Gasteiger partial charge in [-0.25, -0.2) is 0 Å². The van der Waals surface area contributed by atoms with Gasteiger partial charge in [-0.15, -0.1) is 13.2 Å². The number of hydrogen-bond acceptors (Lipinski definition) is 4. The number of aliphatic imine (C=N–C) groups is 1. The first-order valence-electron chi connectivity index (χ1n) is 5.94. The van der Waals surface area contributed by atoms with E-state index in [-0.39, 0.29) is 22.1 Å². The smallest absolute Gasteiger partial charge is 0.447 e. The van der Waals surface area contributed by atoms with E-state index in [0.717, 1.165) is 18.4 Å². The van der Waals surface area contributed by atoms with Gasteiger partial charge in [0.05, 0.1) is 22.4 Å². The monoisotopic (exact) mass is 330 g/mol. The summed E-state index contributed by atoms with van der Waals surface area (Å²) >= 11 is 6.22. The molecule has 0 fully saturated rings. The Kier molecular flexibility index (Phi) is 4.56. The van der Waals surface area contributed by atoms with E-state index in [1.807, 2.05) is 0 Å². The summed E-state index contributed by atoms with van der Waals surface area (Å²) in [6.07, 6.45) is -2.21.